The summed E-state index contributed by atoms with van der Waals surface area (Å²) in [7, 11) is 0. The summed E-state index contributed by atoms with van der Waals surface area (Å²) in [6.07, 6.45) is 0.0471. The number of alkyl carbamates (subject to hydrolysis) is 1. The molecule has 0 atom stereocenters. The van der Waals surface area contributed by atoms with Crippen molar-refractivity contribution in [1.82, 2.24) is 16.2 Å². The van der Waals surface area contributed by atoms with E-state index in [1.165, 1.54) is 11.3 Å². The van der Waals surface area contributed by atoms with Crippen molar-refractivity contribution in [3.63, 3.8) is 0 Å². The molecule has 0 aliphatic carbocycles. The Kier molecular flexibility index (Phi) is 8.10. The molecule has 1 aromatic carbocycles. The van der Waals surface area contributed by atoms with Crippen LogP contribution >= 0.6 is 27.3 Å². The molecule has 138 valence electrons. The summed E-state index contributed by atoms with van der Waals surface area (Å²) < 4.78 is 5.89. The average Bonchev–Trinajstić information content (AvgIpc) is 3.09. The summed E-state index contributed by atoms with van der Waals surface area (Å²) in [5.41, 5.74) is 5.57. The highest BCUT2D eigenvalue weighted by molar-refractivity contribution is 9.11. The first kappa shape index (κ1) is 19.9. The average molecular weight is 440 g/mol. The first-order valence-electron chi connectivity index (χ1n) is 7.83. The Bertz CT molecular complexity index is 751. The fraction of sp³-hybridized carbons (Fsp3) is 0.235. The zero-order valence-electron chi connectivity index (χ0n) is 13.8. The number of benzene rings is 1. The highest BCUT2D eigenvalue weighted by atomic mass is 79.9. The fourth-order valence-electron chi connectivity index (χ4n) is 1.90. The van der Waals surface area contributed by atoms with Gasteiger partial charge in [0.05, 0.1) is 8.66 Å². The lowest BCUT2D eigenvalue weighted by Crippen LogP contribution is -2.41. The maximum absolute atomic E-state index is 11.8. The van der Waals surface area contributed by atoms with Gasteiger partial charge in [0.2, 0.25) is 5.91 Å². The molecular formula is C17H18BrN3O4S. The van der Waals surface area contributed by atoms with Crippen LogP contribution in [0, 0.1) is 0 Å². The highest BCUT2D eigenvalue weighted by Gasteiger charge is 2.10. The van der Waals surface area contributed by atoms with E-state index in [0.717, 1.165) is 9.35 Å². The van der Waals surface area contributed by atoms with E-state index in [9.17, 15) is 14.4 Å². The molecule has 9 heteroatoms. The van der Waals surface area contributed by atoms with Gasteiger partial charge in [-0.1, -0.05) is 30.3 Å². The summed E-state index contributed by atoms with van der Waals surface area (Å²) >= 11 is 4.53. The molecule has 0 bridgehead atoms. The molecule has 0 aliphatic heterocycles. The number of hydrogen-bond donors (Lipinski definition) is 3. The first-order valence-corrected chi connectivity index (χ1v) is 9.44. The normalized spacial score (nSPS) is 10.0. The zero-order chi connectivity index (χ0) is 18.8. The second-order valence-corrected chi connectivity index (χ2v) is 7.66. The number of hydrogen-bond acceptors (Lipinski definition) is 5. The van der Waals surface area contributed by atoms with Crippen molar-refractivity contribution in [2.45, 2.75) is 19.4 Å². The van der Waals surface area contributed by atoms with Gasteiger partial charge < -0.3 is 10.1 Å². The molecule has 3 amide bonds. The fourth-order valence-corrected chi connectivity index (χ4v) is 3.18. The van der Waals surface area contributed by atoms with Crippen molar-refractivity contribution in [3.05, 3.63) is 56.7 Å². The number of nitrogens with one attached hydrogen (secondary N) is 3. The molecule has 26 heavy (non-hydrogen) atoms. The van der Waals surface area contributed by atoms with Gasteiger partial charge in [-0.3, -0.25) is 20.4 Å². The van der Waals surface area contributed by atoms with Crippen molar-refractivity contribution in [2.24, 2.45) is 0 Å². The van der Waals surface area contributed by atoms with Crippen LogP contribution in [-0.4, -0.2) is 24.5 Å². The summed E-state index contributed by atoms with van der Waals surface area (Å²) in [5.74, 6) is -0.718. The lowest BCUT2D eigenvalue weighted by atomic mass is 10.2. The van der Waals surface area contributed by atoms with Crippen molar-refractivity contribution >= 4 is 45.2 Å². The third kappa shape index (κ3) is 7.24. The molecule has 0 saturated carbocycles. The first-order chi connectivity index (χ1) is 12.5. The number of hydrazine groups is 1. The molecular weight excluding hydrogens is 422 g/mol. The van der Waals surface area contributed by atoms with E-state index < -0.39 is 6.09 Å². The van der Waals surface area contributed by atoms with Gasteiger partial charge in [-0.05, 0) is 40.0 Å². The van der Waals surface area contributed by atoms with Gasteiger partial charge in [-0.25, -0.2) is 4.79 Å². The monoisotopic (exact) mass is 439 g/mol. The lowest BCUT2D eigenvalue weighted by molar-refractivity contribution is -0.121. The maximum Gasteiger partial charge on any atom is 0.407 e. The van der Waals surface area contributed by atoms with Crippen LogP contribution in [0.4, 0.5) is 4.79 Å². The SMILES string of the molecule is O=C(CCCNC(=O)OCc1ccccc1)NNC(=O)c1ccc(Br)s1. The molecule has 0 unspecified atom stereocenters. The molecule has 2 rings (SSSR count). The molecule has 2 aromatic rings. The molecule has 0 aliphatic rings. The zero-order valence-corrected chi connectivity index (χ0v) is 16.2. The van der Waals surface area contributed by atoms with Crippen LogP contribution in [0.15, 0.2) is 46.3 Å². The minimum Gasteiger partial charge on any atom is -0.445 e. The van der Waals surface area contributed by atoms with Gasteiger partial charge in [0, 0.05) is 13.0 Å². The van der Waals surface area contributed by atoms with E-state index in [1.54, 1.807) is 12.1 Å². The summed E-state index contributed by atoms with van der Waals surface area (Å²) in [4.78, 5) is 35.5. The summed E-state index contributed by atoms with van der Waals surface area (Å²) in [6, 6.07) is 12.7. The van der Waals surface area contributed by atoms with E-state index in [1.807, 2.05) is 30.3 Å². The van der Waals surface area contributed by atoms with Crippen LogP contribution in [-0.2, 0) is 16.1 Å². The van der Waals surface area contributed by atoms with E-state index >= 15 is 0 Å². The number of rotatable bonds is 7. The Hall–Kier alpha value is -2.39. The Morgan fingerprint density at radius 3 is 2.50 bits per heavy atom. The Balaban J connectivity index is 1.54. The third-order valence-electron chi connectivity index (χ3n) is 3.18. The second kappa shape index (κ2) is 10.6. The molecule has 1 heterocycles. The molecule has 7 nitrogen and oxygen atoms in total. The van der Waals surface area contributed by atoms with Crippen molar-refractivity contribution in [3.8, 4) is 0 Å². The summed E-state index contributed by atoms with van der Waals surface area (Å²) in [5, 5.41) is 2.57. The van der Waals surface area contributed by atoms with Crippen molar-refractivity contribution < 1.29 is 19.1 Å². The Morgan fingerprint density at radius 2 is 1.81 bits per heavy atom. The van der Waals surface area contributed by atoms with Crippen LogP contribution in [0.5, 0.6) is 0 Å². The van der Waals surface area contributed by atoms with Gasteiger partial charge in [0.1, 0.15) is 6.61 Å². The van der Waals surface area contributed by atoms with Crippen molar-refractivity contribution in [1.29, 1.82) is 0 Å². The molecule has 0 spiro atoms. The number of carbonyl (C=O) groups excluding carboxylic acids is 3. The summed E-state index contributed by atoms with van der Waals surface area (Å²) in [6.45, 7) is 0.491. The second-order valence-electron chi connectivity index (χ2n) is 5.20. The van der Waals surface area contributed by atoms with Gasteiger partial charge >= 0.3 is 6.09 Å². The number of amides is 3. The minimum atomic E-state index is -0.536. The molecule has 0 fully saturated rings. The topological polar surface area (TPSA) is 96.5 Å². The lowest BCUT2D eigenvalue weighted by Gasteiger charge is -2.08. The van der Waals surface area contributed by atoms with Crippen LogP contribution in [0.25, 0.3) is 0 Å². The number of halogens is 1. The van der Waals surface area contributed by atoms with E-state index in [4.69, 9.17) is 4.74 Å². The molecule has 0 radical (unpaired) electrons. The Morgan fingerprint density at radius 1 is 1.04 bits per heavy atom. The van der Waals surface area contributed by atoms with Gasteiger partial charge in [0.15, 0.2) is 0 Å². The van der Waals surface area contributed by atoms with E-state index in [-0.39, 0.29) is 24.8 Å². The molecule has 1 aromatic heterocycles. The predicted molar refractivity (Wildman–Crippen MR) is 101 cm³/mol. The number of carbonyl (C=O) groups is 3. The Labute approximate surface area is 163 Å². The quantitative estimate of drug-likeness (QED) is 0.456. The van der Waals surface area contributed by atoms with Crippen LogP contribution in [0.2, 0.25) is 0 Å². The van der Waals surface area contributed by atoms with Gasteiger partial charge in [-0.15, -0.1) is 11.3 Å². The van der Waals surface area contributed by atoms with Gasteiger partial charge in [0.25, 0.3) is 5.91 Å². The predicted octanol–water partition coefficient (Wildman–Crippen LogP) is 2.98. The number of ether oxygens (including phenoxy) is 1. The van der Waals surface area contributed by atoms with Crippen LogP contribution in [0.1, 0.15) is 28.1 Å². The van der Waals surface area contributed by atoms with Gasteiger partial charge in [-0.2, -0.15) is 0 Å². The smallest absolute Gasteiger partial charge is 0.407 e. The standard InChI is InChI=1S/C17H18BrN3O4S/c18-14-9-8-13(26-14)16(23)21-20-15(22)7-4-10-19-17(24)25-11-12-5-2-1-3-6-12/h1-3,5-6,8-9H,4,7,10-11H2,(H,19,24)(H,20,22)(H,21,23). The number of thiophene rings is 1. The molecule has 3 N–H and O–H groups in total. The third-order valence-corrected chi connectivity index (χ3v) is 4.80. The largest absolute Gasteiger partial charge is 0.445 e. The van der Waals surface area contributed by atoms with Crippen molar-refractivity contribution in [2.75, 3.05) is 6.54 Å². The highest BCUT2D eigenvalue weighted by Crippen LogP contribution is 2.21. The molecule has 0 saturated heterocycles. The maximum atomic E-state index is 11.8. The van der Waals surface area contributed by atoms with E-state index in [2.05, 4.69) is 32.1 Å². The minimum absolute atomic E-state index is 0.160. The van der Waals surface area contributed by atoms with Crippen LogP contribution < -0.4 is 16.2 Å². The van der Waals surface area contributed by atoms with E-state index in [0.29, 0.717) is 17.8 Å². The van der Waals surface area contributed by atoms with Crippen LogP contribution in [0.3, 0.4) is 0 Å².